The maximum absolute atomic E-state index is 5.87. The predicted molar refractivity (Wildman–Crippen MR) is 118 cm³/mol. The van der Waals surface area contributed by atoms with Gasteiger partial charge in [-0.05, 0) is 54.5 Å². The van der Waals surface area contributed by atoms with Gasteiger partial charge in [0.05, 0.1) is 6.21 Å². The minimum atomic E-state index is 0.443. The van der Waals surface area contributed by atoms with Gasteiger partial charge in [0.2, 0.25) is 4.77 Å². The van der Waals surface area contributed by atoms with Crippen LogP contribution in [0.1, 0.15) is 16.7 Å². The Labute approximate surface area is 174 Å². The summed E-state index contributed by atoms with van der Waals surface area (Å²) >= 11 is 5.31. The Morgan fingerprint density at radius 1 is 1.03 bits per heavy atom. The zero-order valence-electron chi connectivity index (χ0n) is 15.9. The molecule has 4 aromatic rings. The van der Waals surface area contributed by atoms with E-state index in [0.717, 1.165) is 22.4 Å². The largest absolute Gasteiger partial charge is 0.489 e. The van der Waals surface area contributed by atoms with Gasteiger partial charge in [-0.1, -0.05) is 60.2 Å². The Morgan fingerprint density at radius 3 is 2.59 bits per heavy atom. The molecule has 144 valence electrons. The Morgan fingerprint density at radius 2 is 1.83 bits per heavy atom. The van der Waals surface area contributed by atoms with Crippen molar-refractivity contribution in [3.63, 3.8) is 0 Å². The second-order valence-electron chi connectivity index (χ2n) is 6.62. The molecule has 0 amide bonds. The van der Waals surface area contributed by atoms with E-state index in [1.807, 2.05) is 60.7 Å². The molecule has 0 spiro atoms. The first-order chi connectivity index (χ1) is 14.2. The molecule has 0 aliphatic heterocycles. The average Bonchev–Trinajstić information content (AvgIpc) is 3.12. The molecule has 1 aromatic heterocycles. The summed E-state index contributed by atoms with van der Waals surface area (Å²) in [5, 5.41) is 11.6. The zero-order valence-corrected chi connectivity index (χ0v) is 16.8. The highest BCUT2D eigenvalue weighted by atomic mass is 32.1. The monoisotopic (exact) mass is 400 g/mol. The van der Waals surface area contributed by atoms with Crippen LogP contribution in [0.2, 0.25) is 0 Å². The van der Waals surface area contributed by atoms with Crippen molar-refractivity contribution in [3.05, 3.63) is 100 Å². The summed E-state index contributed by atoms with van der Waals surface area (Å²) < 4.78 is 7.93. The fourth-order valence-electron chi connectivity index (χ4n) is 2.92. The molecule has 5 nitrogen and oxygen atoms in total. The van der Waals surface area contributed by atoms with E-state index in [2.05, 4.69) is 40.4 Å². The van der Waals surface area contributed by atoms with Crippen LogP contribution in [0.15, 0.2) is 84.0 Å². The Hall–Kier alpha value is -3.51. The van der Waals surface area contributed by atoms with Crippen molar-refractivity contribution >= 4 is 18.4 Å². The number of rotatable bonds is 6. The fraction of sp³-hybridized carbons (Fsp3) is 0.0870. The first-order valence-corrected chi connectivity index (χ1v) is 9.65. The van der Waals surface area contributed by atoms with E-state index in [0.29, 0.717) is 17.2 Å². The van der Waals surface area contributed by atoms with Gasteiger partial charge in [0.25, 0.3) is 0 Å². The topological polar surface area (TPSA) is 55.2 Å². The van der Waals surface area contributed by atoms with Crippen LogP contribution < -0.4 is 4.74 Å². The highest BCUT2D eigenvalue weighted by Crippen LogP contribution is 2.17. The van der Waals surface area contributed by atoms with E-state index in [1.54, 1.807) is 10.9 Å². The lowest BCUT2D eigenvalue weighted by atomic mass is 10.1. The first kappa shape index (κ1) is 18.8. The fourth-order valence-corrected chi connectivity index (χ4v) is 3.10. The molecule has 0 saturated heterocycles. The number of benzene rings is 3. The molecule has 0 fully saturated rings. The van der Waals surface area contributed by atoms with Crippen LogP contribution in [0.4, 0.5) is 0 Å². The van der Waals surface area contributed by atoms with Gasteiger partial charge in [-0.15, -0.1) is 0 Å². The third-order valence-electron chi connectivity index (χ3n) is 4.37. The van der Waals surface area contributed by atoms with E-state index in [4.69, 9.17) is 17.0 Å². The van der Waals surface area contributed by atoms with Gasteiger partial charge < -0.3 is 4.74 Å². The van der Waals surface area contributed by atoms with Crippen LogP contribution in [-0.4, -0.2) is 21.1 Å². The summed E-state index contributed by atoms with van der Waals surface area (Å²) in [6, 6.07) is 25.9. The summed E-state index contributed by atoms with van der Waals surface area (Å²) in [4.78, 5) is 0. The van der Waals surface area contributed by atoms with E-state index in [-0.39, 0.29) is 0 Å². The molecule has 0 bridgehead atoms. The molecule has 4 rings (SSSR count). The molecular formula is C23H20N4OS. The number of aromatic amines is 1. The van der Waals surface area contributed by atoms with Crippen molar-refractivity contribution in [2.75, 3.05) is 0 Å². The normalized spacial score (nSPS) is 11.1. The third kappa shape index (κ3) is 4.67. The molecule has 0 unspecified atom stereocenters. The number of nitrogens with zero attached hydrogens (tertiary/aromatic N) is 3. The Balaban J connectivity index is 1.46. The lowest BCUT2D eigenvalue weighted by Gasteiger charge is -2.07. The molecular weight excluding hydrogens is 380 g/mol. The molecule has 0 aliphatic carbocycles. The summed E-state index contributed by atoms with van der Waals surface area (Å²) in [5.41, 5.74) is 4.26. The highest BCUT2D eigenvalue weighted by molar-refractivity contribution is 7.71. The van der Waals surface area contributed by atoms with Crippen LogP contribution in [-0.2, 0) is 6.61 Å². The first-order valence-electron chi connectivity index (χ1n) is 9.25. The lowest BCUT2D eigenvalue weighted by Crippen LogP contribution is -1.96. The van der Waals surface area contributed by atoms with Gasteiger partial charge in [-0.25, -0.2) is 5.10 Å². The van der Waals surface area contributed by atoms with Gasteiger partial charge in [0.15, 0.2) is 5.82 Å². The molecule has 6 heteroatoms. The Kier molecular flexibility index (Phi) is 5.63. The van der Waals surface area contributed by atoms with E-state index < -0.39 is 0 Å². The standard InChI is InChI=1S/C23H20N4OS/c1-17-6-5-7-19(14-17)16-28-21-12-10-18(11-13-21)15-24-27-22(25-26-23(27)29)20-8-3-2-4-9-20/h2-15H,16H2,1H3,(H,26,29)/b24-15-. The van der Waals surface area contributed by atoms with E-state index >= 15 is 0 Å². The van der Waals surface area contributed by atoms with Crippen molar-refractivity contribution in [1.82, 2.24) is 14.9 Å². The molecule has 0 saturated carbocycles. The molecule has 29 heavy (non-hydrogen) atoms. The summed E-state index contributed by atoms with van der Waals surface area (Å²) in [6.07, 6.45) is 1.75. The maximum Gasteiger partial charge on any atom is 0.216 e. The molecule has 1 heterocycles. The predicted octanol–water partition coefficient (Wildman–Crippen LogP) is 5.38. The van der Waals surface area contributed by atoms with Gasteiger partial charge >= 0.3 is 0 Å². The molecule has 0 atom stereocenters. The van der Waals surface area contributed by atoms with E-state index in [1.165, 1.54) is 5.56 Å². The smallest absolute Gasteiger partial charge is 0.216 e. The number of nitrogens with one attached hydrogen (secondary N) is 1. The third-order valence-corrected chi connectivity index (χ3v) is 4.64. The summed E-state index contributed by atoms with van der Waals surface area (Å²) in [5.74, 6) is 1.48. The number of H-pyrrole nitrogens is 1. The average molecular weight is 401 g/mol. The molecule has 0 aliphatic rings. The SMILES string of the molecule is Cc1cccc(COc2ccc(/C=N\n3c(-c4ccccc4)n[nH]c3=S)cc2)c1. The van der Waals surface area contributed by atoms with Gasteiger partial charge in [-0.2, -0.15) is 14.9 Å². The molecule has 1 N–H and O–H groups in total. The van der Waals surface area contributed by atoms with E-state index in [9.17, 15) is 0 Å². The summed E-state index contributed by atoms with van der Waals surface area (Å²) in [7, 11) is 0. The minimum Gasteiger partial charge on any atom is -0.489 e. The van der Waals surface area contributed by atoms with Crippen LogP contribution in [0.25, 0.3) is 11.4 Å². The molecule has 3 aromatic carbocycles. The maximum atomic E-state index is 5.87. The number of hydrogen-bond acceptors (Lipinski definition) is 4. The van der Waals surface area contributed by atoms with Crippen molar-refractivity contribution in [2.45, 2.75) is 13.5 Å². The number of aryl methyl sites for hydroxylation is 1. The second-order valence-corrected chi connectivity index (χ2v) is 7.01. The summed E-state index contributed by atoms with van der Waals surface area (Å²) in [6.45, 7) is 2.62. The Bertz CT molecular complexity index is 1180. The van der Waals surface area contributed by atoms with Crippen LogP contribution in [0.5, 0.6) is 5.75 Å². The van der Waals surface area contributed by atoms with Gasteiger partial charge in [0, 0.05) is 5.56 Å². The molecule has 0 radical (unpaired) electrons. The highest BCUT2D eigenvalue weighted by Gasteiger charge is 2.07. The number of ether oxygens (including phenoxy) is 1. The van der Waals surface area contributed by atoms with Crippen LogP contribution in [0, 0.1) is 11.7 Å². The van der Waals surface area contributed by atoms with Crippen molar-refractivity contribution in [1.29, 1.82) is 0 Å². The van der Waals surface area contributed by atoms with Crippen molar-refractivity contribution in [3.8, 4) is 17.1 Å². The quantitative estimate of drug-likeness (QED) is 0.349. The van der Waals surface area contributed by atoms with Crippen molar-refractivity contribution in [2.24, 2.45) is 5.10 Å². The van der Waals surface area contributed by atoms with Crippen LogP contribution in [0.3, 0.4) is 0 Å². The lowest BCUT2D eigenvalue weighted by molar-refractivity contribution is 0.306. The van der Waals surface area contributed by atoms with Gasteiger partial charge in [0.1, 0.15) is 12.4 Å². The number of hydrogen-bond donors (Lipinski definition) is 1. The van der Waals surface area contributed by atoms with Crippen LogP contribution >= 0.6 is 12.2 Å². The zero-order chi connectivity index (χ0) is 20.1. The van der Waals surface area contributed by atoms with Gasteiger partial charge in [-0.3, -0.25) is 0 Å². The second kappa shape index (κ2) is 8.67. The van der Waals surface area contributed by atoms with Crippen molar-refractivity contribution < 1.29 is 4.74 Å². The minimum absolute atomic E-state index is 0.443. The number of aromatic nitrogens is 3.